The van der Waals surface area contributed by atoms with Gasteiger partial charge < -0.3 is 19.7 Å². The van der Waals surface area contributed by atoms with E-state index in [4.69, 9.17) is 9.47 Å². The SMILES string of the molecule is Cc1ccc2ccc3ccc(CO[C@@H]4[C@H](O)[C@@H](CO)O[C@H]4n4ccc(=O)[nH]c4=O)c4ccc1c2c34. The molecule has 178 valence electrons. The van der Waals surface area contributed by atoms with Gasteiger partial charge in [0, 0.05) is 12.3 Å². The van der Waals surface area contributed by atoms with Crippen LogP contribution in [0.3, 0.4) is 0 Å². The second kappa shape index (κ2) is 8.28. The molecular weight excluding hydrogens is 448 g/mol. The summed E-state index contributed by atoms with van der Waals surface area (Å²) in [4.78, 5) is 26.1. The molecule has 2 heterocycles. The second-order valence-electron chi connectivity index (χ2n) is 9.06. The molecule has 0 amide bonds. The van der Waals surface area contributed by atoms with Crippen LogP contribution in [0.1, 0.15) is 17.4 Å². The minimum atomic E-state index is -1.16. The first kappa shape index (κ1) is 21.9. The fourth-order valence-electron chi connectivity index (χ4n) is 5.22. The van der Waals surface area contributed by atoms with Crippen molar-refractivity contribution in [2.45, 2.75) is 38.1 Å². The molecule has 0 saturated carbocycles. The number of hydrogen-bond donors (Lipinski definition) is 3. The van der Waals surface area contributed by atoms with Gasteiger partial charge in [-0.3, -0.25) is 14.3 Å². The summed E-state index contributed by atoms with van der Waals surface area (Å²) < 4.78 is 13.1. The molecular formula is C27H24N2O6. The molecule has 6 rings (SSSR count). The number of ether oxygens (including phenoxy) is 2. The summed E-state index contributed by atoms with van der Waals surface area (Å²) in [6.07, 6.45) is -2.72. The Morgan fingerprint density at radius 2 is 1.66 bits per heavy atom. The van der Waals surface area contributed by atoms with E-state index in [1.807, 2.05) is 6.07 Å². The highest BCUT2D eigenvalue weighted by Gasteiger charge is 2.45. The lowest BCUT2D eigenvalue weighted by Gasteiger charge is -2.23. The highest BCUT2D eigenvalue weighted by atomic mass is 16.6. The van der Waals surface area contributed by atoms with E-state index in [2.05, 4.69) is 54.4 Å². The van der Waals surface area contributed by atoms with Crippen LogP contribution in [0, 0.1) is 6.92 Å². The third-order valence-corrected chi connectivity index (χ3v) is 7.02. The molecule has 1 saturated heterocycles. The molecule has 1 aliphatic heterocycles. The van der Waals surface area contributed by atoms with Crippen LogP contribution in [0.15, 0.2) is 70.4 Å². The smallest absolute Gasteiger partial charge is 0.330 e. The molecule has 8 heteroatoms. The van der Waals surface area contributed by atoms with Gasteiger partial charge in [0.25, 0.3) is 5.56 Å². The van der Waals surface area contributed by atoms with Crippen LogP contribution >= 0.6 is 0 Å². The second-order valence-corrected chi connectivity index (χ2v) is 9.06. The monoisotopic (exact) mass is 472 g/mol. The van der Waals surface area contributed by atoms with Gasteiger partial charge in [0.1, 0.15) is 18.3 Å². The van der Waals surface area contributed by atoms with Crippen LogP contribution in [0.25, 0.3) is 32.3 Å². The molecule has 35 heavy (non-hydrogen) atoms. The number of H-pyrrole nitrogens is 1. The summed E-state index contributed by atoms with van der Waals surface area (Å²) in [5, 5.41) is 27.4. The number of nitrogens with zero attached hydrogens (tertiary/aromatic N) is 1. The van der Waals surface area contributed by atoms with Crippen molar-refractivity contribution in [1.82, 2.24) is 9.55 Å². The molecule has 0 unspecified atom stereocenters. The average molecular weight is 472 g/mol. The number of aliphatic hydroxyl groups excluding tert-OH is 2. The van der Waals surface area contributed by atoms with Crippen molar-refractivity contribution in [3.63, 3.8) is 0 Å². The van der Waals surface area contributed by atoms with Crippen molar-refractivity contribution in [3.8, 4) is 0 Å². The van der Waals surface area contributed by atoms with Gasteiger partial charge in [0.05, 0.1) is 13.2 Å². The van der Waals surface area contributed by atoms with E-state index in [1.54, 1.807) is 0 Å². The Kier molecular flexibility index (Phi) is 5.19. The third kappa shape index (κ3) is 3.45. The molecule has 3 N–H and O–H groups in total. The van der Waals surface area contributed by atoms with Gasteiger partial charge in [-0.25, -0.2) is 4.79 Å². The number of rotatable bonds is 5. The molecule has 0 spiro atoms. The highest BCUT2D eigenvalue weighted by Crippen LogP contribution is 2.38. The zero-order valence-electron chi connectivity index (χ0n) is 19.0. The van der Waals surface area contributed by atoms with Crippen LogP contribution in [0.5, 0.6) is 0 Å². The molecule has 0 radical (unpaired) electrons. The Morgan fingerprint density at radius 3 is 2.40 bits per heavy atom. The van der Waals surface area contributed by atoms with E-state index in [0.29, 0.717) is 0 Å². The topological polar surface area (TPSA) is 114 Å². The van der Waals surface area contributed by atoms with E-state index < -0.39 is 42.4 Å². The Bertz CT molecular complexity index is 1670. The standard InChI is InChI=1S/C27H24N2O6/c1-14-2-3-15-4-5-16-6-7-17(19-9-8-18(14)22(15)23(16)19)13-34-25-24(32)20(12-30)35-26(25)29-11-10-21(31)28-27(29)33/h2-11,20,24-26,30,32H,12-13H2,1H3,(H,28,31,33)/t20-,24-,25-,26-/m1/s1. The van der Waals surface area contributed by atoms with Gasteiger partial charge in [0.2, 0.25) is 0 Å². The van der Waals surface area contributed by atoms with Crippen LogP contribution in [-0.2, 0) is 16.1 Å². The molecule has 4 atom stereocenters. The summed E-state index contributed by atoms with van der Waals surface area (Å²) >= 11 is 0. The summed E-state index contributed by atoms with van der Waals surface area (Å²) in [5.41, 5.74) is 0.925. The summed E-state index contributed by atoms with van der Waals surface area (Å²) in [5.74, 6) is 0. The van der Waals surface area contributed by atoms with Gasteiger partial charge >= 0.3 is 5.69 Å². The number of nitrogens with one attached hydrogen (secondary N) is 1. The number of aromatic amines is 1. The van der Waals surface area contributed by atoms with Crippen molar-refractivity contribution in [1.29, 1.82) is 0 Å². The third-order valence-electron chi connectivity index (χ3n) is 7.02. The number of aliphatic hydroxyl groups is 2. The van der Waals surface area contributed by atoms with E-state index in [9.17, 15) is 19.8 Å². The van der Waals surface area contributed by atoms with Crippen molar-refractivity contribution in [2.24, 2.45) is 0 Å². The maximum Gasteiger partial charge on any atom is 0.330 e. The lowest BCUT2D eigenvalue weighted by Crippen LogP contribution is -2.39. The van der Waals surface area contributed by atoms with Gasteiger partial charge in [-0.2, -0.15) is 0 Å². The summed E-state index contributed by atoms with van der Waals surface area (Å²) in [7, 11) is 0. The van der Waals surface area contributed by atoms with Crippen LogP contribution in [-0.4, -0.2) is 44.7 Å². The number of aryl methyl sites for hydroxylation is 1. The molecule has 0 bridgehead atoms. The molecule has 4 aromatic carbocycles. The zero-order chi connectivity index (χ0) is 24.3. The van der Waals surface area contributed by atoms with Crippen LogP contribution < -0.4 is 11.2 Å². The number of hydrogen-bond acceptors (Lipinski definition) is 6. The van der Waals surface area contributed by atoms with E-state index >= 15 is 0 Å². The van der Waals surface area contributed by atoms with E-state index in [-0.39, 0.29) is 6.61 Å². The van der Waals surface area contributed by atoms with Gasteiger partial charge in [-0.1, -0.05) is 48.5 Å². The zero-order valence-corrected chi connectivity index (χ0v) is 19.0. The largest absolute Gasteiger partial charge is 0.394 e. The molecule has 0 aliphatic carbocycles. The Hall–Kier alpha value is -3.56. The Balaban J connectivity index is 1.39. The lowest BCUT2D eigenvalue weighted by atomic mass is 9.90. The van der Waals surface area contributed by atoms with Crippen molar-refractivity contribution in [2.75, 3.05) is 6.61 Å². The summed E-state index contributed by atoms with van der Waals surface area (Å²) in [6.45, 7) is 1.83. The first-order valence-corrected chi connectivity index (χ1v) is 11.5. The minimum Gasteiger partial charge on any atom is -0.394 e. The quantitative estimate of drug-likeness (QED) is 0.339. The number of benzene rings is 4. The maximum atomic E-state index is 12.4. The van der Waals surface area contributed by atoms with Crippen LogP contribution in [0.4, 0.5) is 0 Å². The van der Waals surface area contributed by atoms with Gasteiger partial charge in [-0.15, -0.1) is 0 Å². The fraction of sp³-hybridized carbons (Fsp3) is 0.259. The van der Waals surface area contributed by atoms with Crippen LogP contribution in [0.2, 0.25) is 0 Å². The molecule has 1 fully saturated rings. The molecule has 5 aromatic rings. The fourth-order valence-corrected chi connectivity index (χ4v) is 5.22. The normalized spacial score (nSPS) is 22.6. The first-order chi connectivity index (χ1) is 17.0. The summed E-state index contributed by atoms with van der Waals surface area (Å²) in [6, 6.07) is 18.0. The molecule has 8 nitrogen and oxygen atoms in total. The van der Waals surface area contributed by atoms with Gasteiger partial charge in [0.15, 0.2) is 6.23 Å². The van der Waals surface area contributed by atoms with Crippen molar-refractivity contribution >= 4 is 32.3 Å². The highest BCUT2D eigenvalue weighted by molar-refractivity contribution is 6.24. The van der Waals surface area contributed by atoms with E-state index in [0.717, 1.165) is 26.3 Å². The predicted octanol–water partition coefficient (Wildman–Crippen LogP) is 2.58. The van der Waals surface area contributed by atoms with Gasteiger partial charge in [-0.05, 0) is 50.4 Å². The molecule has 1 aromatic heterocycles. The van der Waals surface area contributed by atoms with Crippen molar-refractivity contribution < 1.29 is 19.7 Å². The lowest BCUT2D eigenvalue weighted by molar-refractivity contribution is -0.0795. The Morgan fingerprint density at radius 1 is 0.971 bits per heavy atom. The number of aromatic nitrogens is 2. The maximum absolute atomic E-state index is 12.4. The first-order valence-electron chi connectivity index (χ1n) is 11.5. The Labute approximate surface area is 199 Å². The predicted molar refractivity (Wildman–Crippen MR) is 132 cm³/mol. The van der Waals surface area contributed by atoms with Crippen molar-refractivity contribution in [3.05, 3.63) is 92.8 Å². The molecule has 1 aliphatic rings. The van der Waals surface area contributed by atoms with E-state index in [1.165, 1.54) is 34.0 Å². The average Bonchev–Trinajstić information content (AvgIpc) is 3.17. The minimum absolute atomic E-state index is 0.158.